The molecule has 0 aliphatic rings. The van der Waals surface area contributed by atoms with Crippen molar-refractivity contribution in [2.24, 2.45) is 0 Å². The molecular weight excluding hydrogens is 415 g/mol. The Bertz CT molecular complexity index is 586. The summed E-state index contributed by atoms with van der Waals surface area (Å²) < 4.78 is 0.947. The van der Waals surface area contributed by atoms with Crippen LogP contribution in [0.5, 0.6) is 0 Å². The first-order valence-corrected chi connectivity index (χ1v) is 7.04. The first kappa shape index (κ1) is 13.7. The van der Waals surface area contributed by atoms with Gasteiger partial charge in [-0.1, -0.05) is 46.4 Å². The van der Waals surface area contributed by atoms with Gasteiger partial charge in [-0.3, -0.25) is 0 Å². The second kappa shape index (κ2) is 5.49. The minimum atomic E-state index is 0.428. The van der Waals surface area contributed by atoms with E-state index < -0.39 is 0 Å². The number of benzene rings is 1. The summed E-state index contributed by atoms with van der Waals surface area (Å²) in [5, 5.41) is 1.85. The maximum Gasteiger partial charge on any atom is 0.130 e. The molecule has 1 aromatic heterocycles. The summed E-state index contributed by atoms with van der Waals surface area (Å²) >= 11 is 26.0. The minimum absolute atomic E-state index is 0.428. The van der Waals surface area contributed by atoms with E-state index in [4.69, 9.17) is 46.4 Å². The van der Waals surface area contributed by atoms with E-state index in [1.54, 1.807) is 24.4 Å². The molecular formula is C11H4Cl4IN. The molecule has 0 fully saturated rings. The molecule has 0 amide bonds. The van der Waals surface area contributed by atoms with Gasteiger partial charge in [-0.2, -0.15) is 0 Å². The highest BCUT2D eigenvalue weighted by molar-refractivity contribution is 14.1. The molecule has 6 heteroatoms. The van der Waals surface area contributed by atoms with Crippen LogP contribution in [-0.4, -0.2) is 4.98 Å². The summed E-state index contributed by atoms with van der Waals surface area (Å²) in [5.74, 6) is 0. The molecule has 0 radical (unpaired) electrons. The Hall–Kier alpha value is 0.260. The second-order valence-electron chi connectivity index (χ2n) is 3.23. The lowest BCUT2D eigenvalue weighted by Gasteiger charge is -2.08. The molecule has 1 nitrogen and oxygen atoms in total. The first-order chi connectivity index (χ1) is 7.99. The summed E-state index contributed by atoms with van der Waals surface area (Å²) in [6.45, 7) is 0. The largest absolute Gasteiger partial charge is 0.244 e. The number of halogens is 5. The van der Waals surface area contributed by atoms with Gasteiger partial charge in [0.1, 0.15) is 5.15 Å². The van der Waals surface area contributed by atoms with Crippen molar-refractivity contribution in [3.05, 3.63) is 48.2 Å². The number of hydrogen-bond acceptors (Lipinski definition) is 1. The van der Waals surface area contributed by atoms with Crippen molar-refractivity contribution in [3.63, 3.8) is 0 Å². The van der Waals surface area contributed by atoms with E-state index in [0.717, 1.165) is 14.7 Å². The zero-order chi connectivity index (χ0) is 12.6. The summed E-state index contributed by atoms with van der Waals surface area (Å²) in [5.41, 5.74) is 1.66. The van der Waals surface area contributed by atoms with Crippen molar-refractivity contribution in [2.45, 2.75) is 0 Å². The molecule has 0 saturated carbocycles. The minimum Gasteiger partial charge on any atom is -0.244 e. The van der Waals surface area contributed by atoms with Crippen molar-refractivity contribution in [1.82, 2.24) is 4.98 Å². The Labute approximate surface area is 132 Å². The fourth-order valence-corrected chi connectivity index (χ4v) is 3.05. The summed E-state index contributed by atoms with van der Waals surface area (Å²) in [7, 11) is 0. The van der Waals surface area contributed by atoms with Crippen LogP contribution in [0, 0.1) is 3.57 Å². The van der Waals surface area contributed by atoms with Crippen LogP contribution in [0.1, 0.15) is 0 Å². The number of hydrogen-bond donors (Lipinski definition) is 0. The van der Waals surface area contributed by atoms with Gasteiger partial charge in [0, 0.05) is 20.9 Å². The van der Waals surface area contributed by atoms with Crippen LogP contribution in [0.4, 0.5) is 0 Å². The van der Waals surface area contributed by atoms with Crippen molar-refractivity contribution in [1.29, 1.82) is 0 Å². The van der Waals surface area contributed by atoms with Gasteiger partial charge in [-0.05, 0) is 40.8 Å². The SMILES string of the molecule is Clc1cc(I)c(-c2cc(Cl)c(Cl)cc2Cl)cn1. The monoisotopic (exact) mass is 417 g/mol. The number of nitrogens with zero attached hydrogens (tertiary/aromatic N) is 1. The molecule has 2 rings (SSSR count). The third-order valence-corrected chi connectivity index (χ3v) is 4.25. The maximum absolute atomic E-state index is 6.14. The number of aromatic nitrogens is 1. The van der Waals surface area contributed by atoms with Gasteiger partial charge in [-0.15, -0.1) is 0 Å². The molecule has 88 valence electrons. The fraction of sp³-hybridized carbons (Fsp3) is 0. The van der Waals surface area contributed by atoms with E-state index in [9.17, 15) is 0 Å². The quantitative estimate of drug-likeness (QED) is 0.316. The van der Waals surface area contributed by atoms with Crippen LogP contribution in [0.3, 0.4) is 0 Å². The Morgan fingerprint density at radius 2 is 1.47 bits per heavy atom. The van der Waals surface area contributed by atoms with Gasteiger partial charge in [0.2, 0.25) is 0 Å². The Kier molecular flexibility index (Phi) is 4.42. The molecule has 0 unspecified atom stereocenters. The van der Waals surface area contributed by atoms with E-state index in [1.165, 1.54) is 0 Å². The highest BCUT2D eigenvalue weighted by Gasteiger charge is 2.11. The highest BCUT2D eigenvalue weighted by atomic mass is 127. The average molecular weight is 419 g/mol. The van der Waals surface area contributed by atoms with Crippen molar-refractivity contribution >= 4 is 69.0 Å². The van der Waals surface area contributed by atoms with Crippen LogP contribution in [0.15, 0.2) is 24.4 Å². The molecule has 1 heterocycles. The van der Waals surface area contributed by atoms with Gasteiger partial charge in [-0.25, -0.2) is 4.98 Å². The van der Waals surface area contributed by atoms with Crippen LogP contribution >= 0.6 is 69.0 Å². The Morgan fingerprint density at radius 1 is 0.824 bits per heavy atom. The number of pyridine rings is 1. The van der Waals surface area contributed by atoms with E-state index in [2.05, 4.69) is 27.6 Å². The van der Waals surface area contributed by atoms with Gasteiger partial charge in [0.15, 0.2) is 0 Å². The van der Waals surface area contributed by atoms with Crippen LogP contribution in [0.2, 0.25) is 20.2 Å². The fourth-order valence-electron chi connectivity index (χ4n) is 1.33. The van der Waals surface area contributed by atoms with Crippen molar-refractivity contribution in [2.75, 3.05) is 0 Å². The highest BCUT2D eigenvalue weighted by Crippen LogP contribution is 2.37. The van der Waals surface area contributed by atoms with E-state index in [0.29, 0.717) is 20.2 Å². The average Bonchev–Trinajstić information content (AvgIpc) is 2.24. The molecule has 1 aromatic carbocycles. The van der Waals surface area contributed by atoms with Gasteiger partial charge in [0.25, 0.3) is 0 Å². The normalized spacial score (nSPS) is 10.6. The molecule has 0 spiro atoms. The molecule has 0 atom stereocenters. The lowest BCUT2D eigenvalue weighted by molar-refractivity contribution is 1.31. The van der Waals surface area contributed by atoms with E-state index in [-0.39, 0.29) is 0 Å². The van der Waals surface area contributed by atoms with Crippen LogP contribution in [-0.2, 0) is 0 Å². The van der Waals surface area contributed by atoms with Crippen molar-refractivity contribution in [3.8, 4) is 11.1 Å². The second-order valence-corrected chi connectivity index (χ2v) is 6.00. The number of rotatable bonds is 1. The predicted molar refractivity (Wildman–Crippen MR) is 82.4 cm³/mol. The van der Waals surface area contributed by atoms with E-state index in [1.807, 2.05) is 0 Å². The molecule has 0 aliphatic heterocycles. The topological polar surface area (TPSA) is 12.9 Å². The predicted octanol–water partition coefficient (Wildman–Crippen LogP) is 5.97. The molecule has 0 aliphatic carbocycles. The molecule has 0 bridgehead atoms. The lowest BCUT2D eigenvalue weighted by atomic mass is 10.1. The summed E-state index contributed by atoms with van der Waals surface area (Å²) in [6.07, 6.45) is 1.66. The zero-order valence-corrected chi connectivity index (χ0v) is 13.3. The first-order valence-electron chi connectivity index (χ1n) is 4.45. The maximum atomic E-state index is 6.14. The molecule has 0 N–H and O–H groups in total. The third kappa shape index (κ3) is 2.99. The van der Waals surface area contributed by atoms with Gasteiger partial charge >= 0.3 is 0 Å². The molecule has 2 aromatic rings. The van der Waals surface area contributed by atoms with Crippen molar-refractivity contribution < 1.29 is 0 Å². The molecule has 17 heavy (non-hydrogen) atoms. The summed E-state index contributed by atoms with van der Waals surface area (Å²) in [6, 6.07) is 5.10. The van der Waals surface area contributed by atoms with Gasteiger partial charge in [0.05, 0.1) is 15.1 Å². The Morgan fingerprint density at radius 3 is 2.12 bits per heavy atom. The third-order valence-electron chi connectivity index (χ3n) is 2.12. The molecule has 0 saturated heterocycles. The zero-order valence-electron chi connectivity index (χ0n) is 8.15. The van der Waals surface area contributed by atoms with E-state index >= 15 is 0 Å². The van der Waals surface area contributed by atoms with Crippen LogP contribution < -0.4 is 0 Å². The van der Waals surface area contributed by atoms with Crippen LogP contribution in [0.25, 0.3) is 11.1 Å². The smallest absolute Gasteiger partial charge is 0.130 e. The lowest BCUT2D eigenvalue weighted by Crippen LogP contribution is -1.87. The van der Waals surface area contributed by atoms with Gasteiger partial charge < -0.3 is 0 Å². The standard InChI is InChI=1S/C11H4Cl4IN/c12-7-2-9(14)8(13)1-5(7)6-4-17-11(15)3-10(6)16/h1-4H. The summed E-state index contributed by atoms with van der Waals surface area (Å²) in [4.78, 5) is 4.04. The Balaban J connectivity index is 2.64.